The minimum Gasteiger partial charge on any atom is -0.470 e. The number of benzene rings is 1. The number of hydrogen-bond acceptors (Lipinski definition) is 5. The normalized spacial score (nSPS) is 23.3. The lowest BCUT2D eigenvalue weighted by Crippen LogP contribution is -2.63. The van der Waals surface area contributed by atoms with Crippen LogP contribution in [0.5, 0.6) is 5.75 Å². The molecule has 0 unspecified atom stereocenters. The standard InChI is InChI=1S/C21H23N3O3/c1-14-7-8-20(26-14)17-13-18-16-5-3-4-6-19(16)27-21(24(18)22-17)9-11-23(12-10-21)15(2)25/h3-8,13,18,22H,9-12H2,1-2H3/t18-/m0/s1. The number of furan rings is 1. The molecule has 6 nitrogen and oxygen atoms in total. The third-order valence-corrected chi connectivity index (χ3v) is 5.82. The summed E-state index contributed by atoms with van der Waals surface area (Å²) in [6.07, 6.45) is 3.71. The minimum absolute atomic E-state index is 0.0687. The number of rotatable bonds is 1. The molecule has 1 aromatic carbocycles. The van der Waals surface area contributed by atoms with Crippen molar-refractivity contribution in [1.29, 1.82) is 0 Å². The lowest BCUT2D eigenvalue weighted by molar-refractivity contribution is -0.165. The molecule has 0 radical (unpaired) electrons. The van der Waals surface area contributed by atoms with Crippen molar-refractivity contribution in [2.75, 3.05) is 13.1 Å². The van der Waals surface area contributed by atoms with Gasteiger partial charge in [-0.1, -0.05) is 18.2 Å². The first-order chi connectivity index (χ1) is 13.1. The van der Waals surface area contributed by atoms with Gasteiger partial charge in [-0.2, -0.15) is 5.01 Å². The Balaban J connectivity index is 1.53. The molecule has 0 aliphatic carbocycles. The van der Waals surface area contributed by atoms with Crippen LogP contribution in [-0.2, 0) is 4.79 Å². The van der Waals surface area contributed by atoms with Crippen LogP contribution in [0.4, 0.5) is 0 Å². The summed E-state index contributed by atoms with van der Waals surface area (Å²) >= 11 is 0. The van der Waals surface area contributed by atoms with Gasteiger partial charge >= 0.3 is 0 Å². The maximum absolute atomic E-state index is 11.8. The van der Waals surface area contributed by atoms with Crippen molar-refractivity contribution in [3.8, 4) is 5.75 Å². The van der Waals surface area contributed by atoms with E-state index >= 15 is 0 Å². The van der Waals surface area contributed by atoms with Crippen LogP contribution < -0.4 is 10.2 Å². The fraction of sp³-hybridized carbons (Fsp3) is 0.381. The van der Waals surface area contributed by atoms with Gasteiger partial charge in [0.2, 0.25) is 5.91 Å². The highest BCUT2D eigenvalue weighted by atomic mass is 16.5. The molecule has 1 amide bonds. The average molecular weight is 365 g/mol. The molecule has 27 heavy (non-hydrogen) atoms. The van der Waals surface area contributed by atoms with E-state index in [0.717, 1.165) is 41.4 Å². The van der Waals surface area contributed by atoms with E-state index in [2.05, 4.69) is 22.6 Å². The molecule has 0 bridgehead atoms. The molecule has 6 heteroatoms. The highest BCUT2D eigenvalue weighted by Crippen LogP contribution is 2.48. The fourth-order valence-electron chi connectivity index (χ4n) is 4.36. The molecule has 1 saturated heterocycles. The zero-order valence-electron chi connectivity index (χ0n) is 15.6. The number of carbonyl (C=O) groups excluding carboxylic acids is 1. The number of hydrogen-bond donors (Lipinski definition) is 1. The molecule has 2 aromatic rings. The summed E-state index contributed by atoms with van der Waals surface area (Å²) < 4.78 is 12.4. The average Bonchev–Trinajstić information content (AvgIpc) is 3.29. The molecule has 3 aliphatic rings. The number of piperidine rings is 1. The fourth-order valence-corrected chi connectivity index (χ4v) is 4.36. The van der Waals surface area contributed by atoms with Crippen molar-refractivity contribution >= 4 is 11.6 Å². The van der Waals surface area contributed by atoms with Crippen LogP contribution in [0.25, 0.3) is 5.70 Å². The molecule has 5 rings (SSSR count). The summed E-state index contributed by atoms with van der Waals surface area (Å²) in [6, 6.07) is 12.2. The van der Waals surface area contributed by atoms with Crippen molar-refractivity contribution in [2.24, 2.45) is 0 Å². The van der Waals surface area contributed by atoms with Gasteiger partial charge in [-0.15, -0.1) is 0 Å². The predicted molar refractivity (Wildman–Crippen MR) is 100 cm³/mol. The van der Waals surface area contributed by atoms with Gasteiger partial charge < -0.3 is 19.5 Å². The van der Waals surface area contributed by atoms with E-state index in [0.29, 0.717) is 13.1 Å². The minimum atomic E-state index is -0.481. The van der Waals surface area contributed by atoms with E-state index in [1.165, 1.54) is 0 Å². The number of hydrazine groups is 1. The Bertz CT molecular complexity index is 924. The highest BCUT2D eigenvalue weighted by Gasteiger charge is 2.51. The molecule has 4 heterocycles. The van der Waals surface area contributed by atoms with Gasteiger partial charge in [-0.05, 0) is 31.2 Å². The molecule has 1 spiro atoms. The first-order valence-corrected chi connectivity index (χ1v) is 9.44. The van der Waals surface area contributed by atoms with E-state index in [1.807, 2.05) is 42.2 Å². The monoisotopic (exact) mass is 365 g/mol. The van der Waals surface area contributed by atoms with Gasteiger partial charge in [-0.3, -0.25) is 4.79 Å². The molecule has 1 aromatic heterocycles. The quantitative estimate of drug-likeness (QED) is 0.841. The first-order valence-electron chi connectivity index (χ1n) is 9.44. The Kier molecular flexibility index (Phi) is 3.59. The van der Waals surface area contributed by atoms with Crippen LogP contribution in [-0.4, -0.2) is 34.6 Å². The number of para-hydroxylation sites is 1. The zero-order chi connectivity index (χ0) is 18.6. The van der Waals surface area contributed by atoms with Crippen LogP contribution in [0.1, 0.15) is 42.9 Å². The van der Waals surface area contributed by atoms with E-state index in [1.54, 1.807) is 6.92 Å². The highest BCUT2D eigenvalue weighted by molar-refractivity contribution is 5.73. The van der Waals surface area contributed by atoms with Crippen LogP contribution >= 0.6 is 0 Å². The third-order valence-electron chi connectivity index (χ3n) is 5.82. The Hall–Kier alpha value is -2.73. The summed E-state index contributed by atoms with van der Waals surface area (Å²) in [7, 11) is 0. The van der Waals surface area contributed by atoms with Crippen LogP contribution in [0, 0.1) is 6.92 Å². The summed E-state index contributed by atoms with van der Waals surface area (Å²) in [6.45, 7) is 4.96. The molecular weight excluding hydrogens is 342 g/mol. The Morgan fingerprint density at radius 1 is 1.19 bits per heavy atom. The lowest BCUT2D eigenvalue weighted by Gasteiger charge is -2.51. The van der Waals surface area contributed by atoms with Crippen molar-refractivity contribution in [3.63, 3.8) is 0 Å². The first kappa shape index (κ1) is 16.4. The topological polar surface area (TPSA) is 58.0 Å². The maximum atomic E-state index is 11.8. The van der Waals surface area contributed by atoms with E-state index in [-0.39, 0.29) is 11.9 Å². The van der Waals surface area contributed by atoms with Gasteiger partial charge in [0.05, 0.1) is 11.7 Å². The smallest absolute Gasteiger partial charge is 0.219 e. The van der Waals surface area contributed by atoms with Gasteiger partial charge in [0, 0.05) is 38.4 Å². The SMILES string of the molecule is CC(=O)N1CCC2(CC1)Oc1ccccc1[C@@H]1C=C(c3ccc(C)o3)NN12. The third kappa shape index (κ3) is 2.55. The van der Waals surface area contributed by atoms with Crippen molar-refractivity contribution in [2.45, 2.75) is 38.5 Å². The number of ether oxygens (including phenoxy) is 1. The van der Waals surface area contributed by atoms with Crippen LogP contribution in [0.3, 0.4) is 0 Å². The number of amides is 1. The molecule has 3 aliphatic heterocycles. The number of carbonyl (C=O) groups is 1. The van der Waals surface area contributed by atoms with Gasteiger partial charge in [0.25, 0.3) is 0 Å². The van der Waals surface area contributed by atoms with Crippen molar-refractivity contribution < 1.29 is 13.9 Å². The number of fused-ring (bicyclic) bond motifs is 4. The molecule has 1 fully saturated rings. The maximum Gasteiger partial charge on any atom is 0.219 e. The second kappa shape index (κ2) is 5.89. The summed E-state index contributed by atoms with van der Waals surface area (Å²) in [5, 5.41) is 2.21. The van der Waals surface area contributed by atoms with Crippen molar-refractivity contribution in [3.05, 3.63) is 59.6 Å². The summed E-state index contributed by atoms with van der Waals surface area (Å²) in [4.78, 5) is 13.7. The van der Waals surface area contributed by atoms with Crippen molar-refractivity contribution in [1.82, 2.24) is 15.3 Å². The zero-order valence-corrected chi connectivity index (χ0v) is 15.6. The molecular formula is C21H23N3O3. The molecule has 1 N–H and O–H groups in total. The number of likely N-dealkylation sites (tertiary alicyclic amines) is 1. The predicted octanol–water partition coefficient (Wildman–Crippen LogP) is 3.22. The largest absolute Gasteiger partial charge is 0.470 e. The van der Waals surface area contributed by atoms with Gasteiger partial charge in [0.1, 0.15) is 11.5 Å². The summed E-state index contributed by atoms with van der Waals surface area (Å²) in [5.41, 5.74) is 5.16. The van der Waals surface area contributed by atoms with E-state index < -0.39 is 5.72 Å². The lowest BCUT2D eigenvalue weighted by atomic mass is 9.93. The van der Waals surface area contributed by atoms with Gasteiger partial charge in [0.15, 0.2) is 11.5 Å². The van der Waals surface area contributed by atoms with E-state index in [9.17, 15) is 4.79 Å². The number of aryl methyl sites for hydroxylation is 1. The van der Waals surface area contributed by atoms with E-state index in [4.69, 9.17) is 9.15 Å². The Morgan fingerprint density at radius 3 is 2.67 bits per heavy atom. The van der Waals surface area contributed by atoms with Crippen LogP contribution in [0.2, 0.25) is 0 Å². The van der Waals surface area contributed by atoms with Crippen LogP contribution in [0.15, 0.2) is 46.9 Å². The number of nitrogens with one attached hydrogen (secondary N) is 1. The molecule has 1 atom stereocenters. The molecule has 0 saturated carbocycles. The number of nitrogens with zero attached hydrogens (tertiary/aromatic N) is 2. The Morgan fingerprint density at radius 2 is 1.96 bits per heavy atom. The Labute approximate surface area is 158 Å². The second-order valence-electron chi connectivity index (χ2n) is 7.51. The molecule has 140 valence electrons. The second-order valence-corrected chi connectivity index (χ2v) is 7.51. The summed E-state index contributed by atoms with van der Waals surface area (Å²) in [5.74, 6) is 2.76. The van der Waals surface area contributed by atoms with Gasteiger partial charge in [-0.25, -0.2) is 0 Å².